The maximum atomic E-state index is 11.8. The van der Waals surface area contributed by atoms with Gasteiger partial charge in [0.1, 0.15) is 0 Å². The molecule has 1 atom stereocenters. The minimum absolute atomic E-state index is 0.00558. The van der Waals surface area contributed by atoms with Crippen molar-refractivity contribution >= 4 is 6.03 Å². The van der Waals surface area contributed by atoms with Crippen LogP contribution in [0.25, 0.3) is 0 Å². The van der Waals surface area contributed by atoms with E-state index in [1.807, 2.05) is 6.92 Å². The first kappa shape index (κ1) is 13.3. The van der Waals surface area contributed by atoms with Crippen LogP contribution in [-0.2, 0) is 0 Å². The number of aliphatic hydroxyl groups is 1. The third-order valence-corrected chi connectivity index (χ3v) is 3.59. The average molecular weight is 228 g/mol. The smallest absolute Gasteiger partial charge is 0.317 e. The third kappa shape index (κ3) is 3.67. The number of amides is 2. The summed E-state index contributed by atoms with van der Waals surface area (Å²) in [4.78, 5) is 13.4. The highest BCUT2D eigenvalue weighted by Gasteiger charge is 2.22. The van der Waals surface area contributed by atoms with Crippen LogP contribution in [0.4, 0.5) is 4.79 Å². The third-order valence-electron chi connectivity index (χ3n) is 3.59. The van der Waals surface area contributed by atoms with Crippen LogP contribution in [0, 0.1) is 5.92 Å². The first-order valence-electron chi connectivity index (χ1n) is 6.18. The molecule has 1 fully saturated rings. The summed E-state index contributed by atoms with van der Waals surface area (Å²) in [5.41, 5.74) is 0. The summed E-state index contributed by atoms with van der Waals surface area (Å²) in [6.45, 7) is 4.10. The first-order valence-corrected chi connectivity index (χ1v) is 6.18. The monoisotopic (exact) mass is 228 g/mol. The van der Waals surface area contributed by atoms with E-state index in [1.165, 1.54) is 12.8 Å². The highest BCUT2D eigenvalue weighted by molar-refractivity contribution is 5.74. The van der Waals surface area contributed by atoms with E-state index in [0.717, 1.165) is 18.8 Å². The van der Waals surface area contributed by atoms with Gasteiger partial charge in [-0.25, -0.2) is 4.79 Å². The summed E-state index contributed by atoms with van der Waals surface area (Å²) in [6.07, 6.45) is 4.55. The van der Waals surface area contributed by atoms with Gasteiger partial charge in [-0.1, -0.05) is 6.92 Å². The largest absolute Gasteiger partial charge is 0.394 e. The second-order valence-corrected chi connectivity index (χ2v) is 5.05. The fourth-order valence-electron chi connectivity index (χ4n) is 2.00. The highest BCUT2D eigenvalue weighted by Crippen LogP contribution is 2.23. The second kappa shape index (κ2) is 6.09. The Morgan fingerprint density at radius 2 is 2.00 bits per heavy atom. The fourth-order valence-corrected chi connectivity index (χ4v) is 2.00. The normalized spacial score (nSPS) is 27.2. The maximum absolute atomic E-state index is 11.8. The van der Waals surface area contributed by atoms with E-state index in [9.17, 15) is 4.79 Å². The topological polar surface area (TPSA) is 52.6 Å². The number of hydrogen-bond donors (Lipinski definition) is 2. The lowest BCUT2D eigenvalue weighted by molar-refractivity contribution is 0.151. The van der Waals surface area contributed by atoms with Gasteiger partial charge in [0.05, 0.1) is 12.6 Å². The average Bonchev–Trinajstić information content (AvgIpc) is 2.30. The number of carbonyl (C=O) groups excluding carboxylic acids is 1. The summed E-state index contributed by atoms with van der Waals surface area (Å²) in [6, 6.07) is 0.126. The van der Waals surface area contributed by atoms with Crippen LogP contribution in [0.1, 0.15) is 39.5 Å². The lowest BCUT2D eigenvalue weighted by Gasteiger charge is -2.30. The molecule has 1 rings (SSSR count). The molecule has 0 aromatic rings. The number of hydrogen-bond acceptors (Lipinski definition) is 2. The van der Waals surface area contributed by atoms with Gasteiger partial charge in [-0.15, -0.1) is 0 Å². The zero-order valence-corrected chi connectivity index (χ0v) is 10.6. The molecule has 2 N–H and O–H groups in total. The van der Waals surface area contributed by atoms with Crippen LogP contribution >= 0.6 is 0 Å². The van der Waals surface area contributed by atoms with Crippen molar-refractivity contribution in [3.8, 4) is 0 Å². The van der Waals surface area contributed by atoms with E-state index >= 15 is 0 Å². The SMILES string of the molecule is CC1CCC(NC(=O)N(C)C(C)CO)CC1. The summed E-state index contributed by atoms with van der Waals surface area (Å²) in [5.74, 6) is 0.794. The molecule has 0 bridgehead atoms. The minimum atomic E-state index is -0.123. The number of likely N-dealkylation sites (N-methyl/N-ethyl adjacent to an activating group) is 1. The van der Waals surface area contributed by atoms with Crippen molar-refractivity contribution in [2.24, 2.45) is 5.92 Å². The van der Waals surface area contributed by atoms with Crippen molar-refractivity contribution in [2.45, 2.75) is 51.6 Å². The molecule has 1 aliphatic rings. The van der Waals surface area contributed by atoms with E-state index < -0.39 is 0 Å². The van der Waals surface area contributed by atoms with Gasteiger partial charge < -0.3 is 15.3 Å². The Hall–Kier alpha value is -0.770. The first-order chi connectivity index (χ1) is 7.54. The van der Waals surface area contributed by atoms with E-state index in [-0.39, 0.29) is 18.7 Å². The minimum Gasteiger partial charge on any atom is -0.394 e. The predicted molar refractivity (Wildman–Crippen MR) is 64.3 cm³/mol. The van der Waals surface area contributed by atoms with Crippen molar-refractivity contribution in [3.63, 3.8) is 0 Å². The molecule has 2 amide bonds. The molecule has 0 heterocycles. The lowest BCUT2D eigenvalue weighted by Crippen LogP contribution is -2.48. The fraction of sp³-hybridized carbons (Fsp3) is 0.917. The molecule has 1 saturated carbocycles. The molecular formula is C12H24N2O2. The van der Waals surface area contributed by atoms with Crippen LogP contribution in [0.15, 0.2) is 0 Å². The van der Waals surface area contributed by atoms with Gasteiger partial charge >= 0.3 is 6.03 Å². The molecule has 4 heteroatoms. The zero-order valence-electron chi connectivity index (χ0n) is 10.6. The van der Waals surface area contributed by atoms with E-state index in [0.29, 0.717) is 6.04 Å². The van der Waals surface area contributed by atoms with E-state index in [1.54, 1.807) is 11.9 Å². The van der Waals surface area contributed by atoms with Crippen molar-refractivity contribution in [2.75, 3.05) is 13.7 Å². The van der Waals surface area contributed by atoms with Gasteiger partial charge in [-0.3, -0.25) is 0 Å². The van der Waals surface area contributed by atoms with Crippen LogP contribution in [0.3, 0.4) is 0 Å². The van der Waals surface area contributed by atoms with Gasteiger partial charge in [-0.05, 0) is 38.5 Å². The molecule has 1 aliphatic carbocycles. The Balaban J connectivity index is 2.33. The van der Waals surface area contributed by atoms with Crippen molar-refractivity contribution in [1.29, 1.82) is 0 Å². The Morgan fingerprint density at radius 3 is 2.50 bits per heavy atom. The van der Waals surface area contributed by atoms with Gasteiger partial charge in [0.2, 0.25) is 0 Å². The van der Waals surface area contributed by atoms with Gasteiger partial charge in [0.25, 0.3) is 0 Å². The number of nitrogens with zero attached hydrogens (tertiary/aromatic N) is 1. The van der Waals surface area contributed by atoms with Gasteiger partial charge in [0.15, 0.2) is 0 Å². The Labute approximate surface area is 98.0 Å². The highest BCUT2D eigenvalue weighted by atomic mass is 16.3. The Bertz CT molecular complexity index is 225. The number of nitrogens with one attached hydrogen (secondary N) is 1. The lowest BCUT2D eigenvalue weighted by atomic mass is 9.87. The van der Waals surface area contributed by atoms with E-state index in [4.69, 9.17) is 5.11 Å². The standard InChI is InChI=1S/C12H24N2O2/c1-9-4-6-11(7-5-9)13-12(16)14(3)10(2)8-15/h9-11,15H,4-8H2,1-3H3,(H,13,16). The molecule has 0 radical (unpaired) electrons. The molecule has 94 valence electrons. The summed E-state index contributed by atoms with van der Waals surface area (Å²) in [7, 11) is 1.72. The van der Waals surface area contributed by atoms with Crippen LogP contribution in [-0.4, -0.2) is 41.8 Å². The Morgan fingerprint density at radius 1 is 1.44 bits per heavy atom. The van der Waals surface area contributed by atoms with Crippen molar-refractivity contribution in [1.82, 2.24) is 10.2 Å². The van der Waals surface area contributed by atoms with Crippen LogP contribution < -0.4 is 5.32 Å². The molecule has 0 saturated heterocycles. The number of urea groups is 1. The maximum Gasteiger partial charge on any atom is 0.317 e. The summed E-state index contributed by atoms with van der Waals surface area (Å²) < 4.78 is 0. The van der Waals surface area contributed by atoms with E-state index in [2.05, 4.69) is 12.2 Å². The molecule has 0 aromatic carbocycles. The summed E-state index contributed by atoms with van der Waals surface area (Å²) in [5, 5.41) is 12.0. The molecule has 0 spiro atoms. The Kier molecular flexibility index (Phi) is 5.06. The quantitative estimate of drug-likeness (QED) is 0.770. The molecule has 0 aliphatic heterocycles. The number of aliphatic hydroxyl groups excluding tert-OH is 1. The van der Waals surface area contributed by atoms with Gasteiger partial charge in [-0.2, -0.15) is 0 Å². The zero-order chi connectivity index (χ0) is 12.1. The van der Waals surface area contributed by atoms with Crippen molar-refractivity contribution in [3.05, 3.63) is 0 Å². The molecule has 0 aromatic heterocycles. The van der Waals surface area contributed by atoms with Crippen molar-refractivity contribution < 1.29 is 9.90 Å². The number of carbonyl (C=O) groups is 1. The second-order valence-electron chi connectivity index (χ2n) is 5.05. The predicted octanol–water partition coefficient (Wildman–Crippen LogP) is 1.59. The molecular weight excluding hydrogens is 204 g/mol. The molecule has 1 unspecified atom stereocenters. The van der Waals surface area contributed by atoms with Crippen LogP contribution in [0.2, 0.25) is 0 Å². The van der Waals surface area contributed by atoms with Gasteiger partial charge in [0, 0.05) is 13.1 Å². The molecule has 16 heavy (non-hydrogen) atoms. The number of rotatable bonds is 3. The van der Waals surface area contributed by atoms with Crippen LogP contribution in [0.5, 0.6) is 0 Å². The molecule has 4 nitrogen and oxygen atoms in total. The summed E-state index contributed by atoms with van der Waals surface area (Å²) >= 11 is 0.